The molecule has 0 aliphatic rings. The summed E-state index contributed by atoms with van der Waals surface area (Å²) in [6, 6.07) is 5.90. The second-order valence-electron chi connectivity index (χ2n) is 4.82. The molecule has 2 nitrogen and oxygen atoms in total. The molecule has 0 aliphatic heterocycles. The molecule has 4 heteroatoms. The number of anilines is 1. The van der Waals surface area contributed by atoms with Crippen LogP contribution in [0.3, 0.4) is 0 Å². The fraction of sp³-hybridized carbons (Fsp3) is 0.462. The van der Waals surface area contributed by atoms with E-state index < -0.39 is 0 Å². The molecule has 1 aromatic rings. The normalized spacial score (nSPS) is 11.3. The van der Waals surface area contributed by atoms with Gasteiger partial charge in [-0.05, 0) is 54.4 Å². The number of hydrogen-bond acceptors (Lipinski definition) is 2. The molecule has 94 valence electrons. The van der Waals surface area contributed by atoms with Crippen LogP contribution in [0.2, 0.25) is 0 Å². The van der Waals surface area contributed by atoms with Gasteiger partial charge in [-0.25, -0.2) is 0 Å². The predicted octanol–water partition coefficient (Wildman–Crippen LogP) is 4.07. The van der Waals surface area contributed by atoms with Crippen LogP contribution in [0, 0.1) is 0 Å². The summed E-state index contributed by atoms with van der Waals surface area (Å²) >= 11 is 8.49. The molecule has 0 aromatic heterocycles. The topological polar surface area (TPSA) is 38.0 Å². The third-order valence-electron chi connectivity index (χ3n) is 2.60. The highest BCUT2D eigenvalue weighted by Crippen LogP contribution is 2.28. The molecule has 0 spiro atoms. The van der Waals surface area contributed by atoms with Crippen molar-refractivity contribution >= 4 is 38.8 Å². The minimum Gasteiger partial charge on any atom is -0.389 e. The number of benzene rings is 1. The molecule has 17 heavy (non-hydrogen) atoms. The Labute approximate surface area is 117 Å². The Morgan fingerprint density at radius 3 is 2.59 bits per heavy atom. The van der Waals surface area contributed by atoms with Gasteiger partial charge >= 0.3 is 0 Å². The predicted molar refractivity (Wildman–Crippen MR) is 82.6 cm³/mol. The molecule has 3 N–H and O–H groups in total. The first-order chi connectivity index (χ1) is 7.85. The molecule has 0 aliphatic carbocycles. The summed E-state index contributed by atoms with van der Waals surface area (Å²) in [5, 5.41) is 3.52. The van der Waals surface area contributed by atoms with E-state index in [1.165, 1.54) is 0 Å². The van der Waals surface area contributed by atoms with Crippen molar-refractivity contribution < 1.29 is 0 Å². The summed E-state index contributed by atoms with van der Waals surface area (Å²) in [4.78, 5) is 0.421. The molecule has 0 fully saturated rings. The molecular formula is C13H19BrN2S. The Morgan fingerprint density at radius 1 is 1.47 bits per heavy atom. The van der Waals surface area contributed by atoms with Gasteiger partial charge in [0.15, 0.2) is 0 Å². The third kappa shape index (κ3) is 4.28. The lowest BCUT2D eigenvalue weighted by atomic mass is 9.98. The van der Waals surface area contributed by atoms with Crippen molar-refractivity contribution in [1.29, 1.82) is 0 Å². The van der Waals surface area contributed by atoms with Crippen molar-refractivity contribution in [3.63, 3.8) is 0 Å². The van der Waals surface area contributed by atoms with Crippen LogP contribution in [0.1, 0.15) is 39.2 Å². The maximum Gasteiger partial charge on any atom is 0.104 e. The number of thiocarbonyl (C=S) groups is 1. The summed E-state index contributed by atoms with van der Waals surface area (Å²) in [5.74, 6) is 0. The Bertz CT molecular complexity index is 416. The van der Waals surface area contributed by atoms with Gasteiger partial charge in [0, 0.05) is 21.3 Å². The first-order valence-corrected chi connectivity index (χ1v) is 6.93. The van der Waals surface area contributed by atoms with Gasteiger partial charge < -0.3 is 11.1 Å². The van der Waals surface area contributed by atoms with Crippen molar-refractivity contribution in [2.24, 2.45) is 5.73 Å². The average molecular weight is 315 g/mol. The van der Waals surface area contributed by atoms with E-state index in [1.807, 2.05) is 18.2 Å². The van der Waals surface area contributed by atoms with Gasteiger partial charge in [-0.15, -0.1) is 0 Å². The van der Waals surface area contributed by atoms with Gasteiger partial charge in [0.2, 0.25) is 0 Å². The molecule has 0 saturated carbocycles. The molecular weight excluding hydrogens is 296 g/mol. The van der Waals surface area contributed by atoms with E-state index in [4.69, 9.17) is 18.0 Å². The van der Waals surface area contributed by atoms with Crippen LogP contribution in [0.5, 0.6) is 0 Å². The quantitative estimate of drug-likeness (QED) is 0.804. The van der Waals surface area contributed by atoms with Crippen LogP contribution in [-0.4, -0.2) is 10.5 Å². The highest BCUT2D eigenvalue weighted by molar-refractivity contribution is 9.10. The average Bonchev–Trinajstić information content (AvgIpc) is 2.20. The van der Waals surface area contributed by atoms with E-state index in [0.717, 1.165) is 28.6 Å². The lowest BCUT2D eigenvalue weighted by molar-refractivity contribution is 0.511. The smallest absolute Gasteiger partial charge is 0.104 e. The third-order valence-corrected chi connectivity index (χ3v) is 3.49. The Morgan fingerprint density at radius 2 is 2.12 bits per heavy atom. The largest absolute Gasteiger partial charge is 0.389 e. The molecule has 0 atom stereocenters. The van der Waals surface area contributed by atoms with Crippen molar-refractivity contribution in [3.8, 4) is 0 Å². The SMILES string of the molecule is CCCC(C)(C)Nc1ccc(C(N)=S)cc1Br. The zero-order valence-corrected chi connectivity index (χ0v) is 12.9. The van der Waals surface area contributed by atoms with E-state index in [2.05, 4.69) is 42.0 Å². The van der Waals surface area contributed by atoms with Gasteiger partial charge in [0.05, 0.1) is 0 Å². The Kier molecular flexibility index (Phi) is 4.95. The lowest BCUT2D eigenvalue weighted by Gasteiger charge is -2.28. The molecule has 0 unspecified atom stereocenters. The molecule has 0 radical (unpaired) electrons. The number of hydrogen-bond donors (Lipinski definition) is 2. The van der Waals surface area contributed by atoms with E-state index >= 15 is 0 Å². The van der Waals surface area contributed by atoms with Gasteiger partial charge in [0.1, 0.15) is 4.99 Å². The van der Waals surface area contributed by atoms with Crippen molar-refractivity contribution in [2.45, 2.75) is 39.2 Å². The zero-order chi connectivity index (χ0) is 13.1. The van der Waals surface area contributed by atoms with Crippen LogP contribution in [0.15, 0.2) is 22.7 Å². The Hall–Kier alpha value is -0.610. The summed E-state index contributed by atoms with van der Waals surface area (Å²) in [5.41, 5.74) is 7.64. The van der Waals surface area contributed by atoms with Crippen LogP contribution < -0.4 is 11.1 Å². The van der Waals surface area contributed by atoms with Gasteiger partial charge in [0.25, 0.3) is 0 Å². The van der Waals surface area contributed by atoms with Gasteiger partial charge in [-0.3, -0.25) is 0 Å². The fourth-order valence-corrected chi connectivity index (χ4v) is 2.43. The lowest BCUT2D eigenvalue weighted by Crippen LogP contribution is -2.30. The maximum atomic E-state index is 5.60. The molecule has 0 bridgehead atoms. The molecule has 0 heterocycles. The van der Waals surface area contributed by atoms with Crippen LogP contribution in [-0.2, 0) is 0 Å². The minimum absolute atomic E-state index is 0.0853. The first kappa shape index (κ1) is 14.5. The maximum absolute atomic E-state index is 5.60. The van der Waals surface area contributed by atoms with Crippen molar-refractivity contribution in [1.82, 2.24) is 0 Å². The van der Waals surface area contributed by atoms with Gasteiger partial charge in [-0.2, -0.15) is 0 Å². The monoisotopic (exact) mass is 314 g/mol. The molecule has 0 amide bonds. The first-order valence-electron chi connectivity index (χ1n) is 5.73. The summed E-state index contributed by atoms with van der Waals surface area (Å²) in [6.45, 7) is 6.59. The van der Waals surface area contributed by atoms with E-state index in [0.29, 0.717) is 4.99 Å². The Balaban J connectivity index is 2.90. The van der Waals surface area contributed by atoms with E-state index in [-0.39, 0.29) is 5.54 Å². The van der Waals surface area contributed by atoms with Crippen LogP contribution in [0.25, 0.3) is 0 Å². The highest BCUT2D eigenvalue weighted by atomic mass is 79.9. The zero-order valence-electron chi connectivity index (χ0n) is 10.5. The number of rotatable bonds is 5. The summed E-state index contributed by atoms with van der Waals surface area (Å²) in [6.07, 6.45) is 2.28. The number of halogens is 1. The van der Waals surface area contributed by atoms with Crippen LogP contribution >= 0.6 is 28.1 Å². The standard InChI is InChI=1S/C13H19BrN2S/c1-4-7-13(2,3)16-11-6-5-9(12(15)17)8-10(11)14/h5-6,8,16H,4,7H2,1-3H3,(H2,15,17). The highest BCUT2D eigenvalue weighted by Gasteiger charge is 2.17. The molecule has 1 aromatic carbocycles. The second kappa shape index (κ2) is 5.83. The summed E-state index contributed by atoms with van der Waals surface area (Å²) < 4.78 is 0.993. The summed E-state index contributed by atoms with van der Waals surface area (Å²) in [7, 11) is 0. The number of nitrogens with two attached hydrogens (primary N) is 1. The van der Waals surface area contributed by atoms with Crippen LogP contribution in [0.4, 0.5) is 5.69 Å². The van der Waals surface area contributed by atoms with Crippen molar-refractivity contribution in [2.75, 3.05) is 5.32 Å². The van der Waals surface area contributed by atoms with Crippen molar-refractivity contribution in [3.05, 3.63) is 28.2 Å². The van der Waals surface area contributed by atoms with E-state index in [9.17, 15) is 0 Å². The number of nitrogens with one attached hydrogen (secondary N) is 1. The van der Waals surface area contributed by atoms with E-state index in [1.54, 1.807) is 0 Å². The molecule has 0 saturated heterocycles. The fourth-order valence-electron chi connectivity index (χ4n) is 1.82. The second-order valence-corrected chi connectivity index (χ2v) is 6.11. The van der Waals surface area contributed by atoms with Gasteiger partial charge in [-0.1, -0.05) is 25.6 Å². The minimum atomic E-state index is 0.0853. The molecule has 1 rings (SSSR count).